The molecular formula is C18H21F3N2O4S. The molecule has 1 aromatic carbocycles. The van der Waals surface area contributed by atoms with Gasteiger partial charge >= 0.3 is 6.18 Å². The summed E-state index contributed by atoms with van der Waals surface area (Å²) in [6.07, 6.45) is -3.99. The van der Waals surface area contributed by atoms with Crippen LogP contribution in [0.5, 0.6) is 0 Å². The molecule has 1 aromatic rings. The number of likely N-dealkylation sites (tertiary alicyclic amines) is 1. The summed E-state index contributed by atoms with van der Waals surface area (Å²) in [6.45, 7) is -0.0512. The fourth-order valence-corrected chi connectivity index (χ4v) is 5.12. The molecule has 1 unspecified atom stereocenters. The quantitative estimate of drug-likeness (QED) is 0.808. The SMILES string of the molecule is O=C(NC1CC(=O)N(Cc2ccccc2C(F)(F)F)C1)C1CCS(=O)(=O)CC1. The lowest BCUT2D eigenvalue weighted by Gasteiger charge is -2.23. The highest BCUT2D eigenvalue weighted by Crippen LogP contribution is 2.33. The van der Waals surface area contributed by atoms with Crippen LogP contribution in [0, 0.1) is 5.92 Å². The molecule has 3 rings (SSSR count). The zero-order valence-corrected chi connectivity index (χ0v) is 15.9. The predicted octanol–water partition coefficient (Wildman–Crippen LogP) is 1.75. The highest BCUT2D eigenvalue weighted by atomic mass is 32.2. The Morgan fingerprint density at radius 1 is 1.18 bits per heavy atom. The van der Waals surface area contributed by atoms with Gasteiger partial charge in [0.25, 0.3) is 0 Å². The third-order valence-electron chi connectivity index (χ3n) is 5.17. The van der Waals surface area contributed by atoms with Crippen LogP contribution < -0.4 is 5.32 Å². The lowest BCUT2D eigenvalue weighted by atomic mass is 10.0. The first kappa shape index (κ1) is 20.6. The van der Waals surface area contributed by atoms with E-state index >= 15 is 0 Å². The minimum absolute atomic E-state index is 0.00723. The lowest BCUT2D eigenvalue weighted by Crippen LogP contribution is -2.42. The Bertz CT molecular complexity index is 856. The van der Waals surface area contributed by atoms with E-state index in [9.17, 15) is 31.2 Å². The van der Waals surface area contributed by atoms with E-state index in [0.29, 0.717) is 0 Å². The van der Waals surface area contributed by atoms with Crippen molar-refractivity contribution in [2.45, 2.75) is 38.0 Å². The number of sulfone groups is 1. The van der Waals surface area contributed by atoms with Crippen molar-refractivity contribution in [1.29, 1.82) is 0 Å². The molecule has 0 aromatic heterocycles. The van der Waals surface area contributed by atoms with Crippen molar-refractivity contribution >= 4 is 21.7 Å². The molecule has 1 atom stereocenters. The summed E-state index contributed by atoms with van der Waals surface area (Å²) < 4.78 is 62.3. The molecule has 2 aliphatic heterocycles. The molecule has 2 heterocycles. The number of rotatable bonds is 4. The van der Waals surface area contributed by atoms with Gasteiger partial charge in [0.1, 0.15) is 9.84 Å². The van der Waals surface area contributed by atoms with Crippen molar-refractivity contribution in [3.05, 3.63) is 35.4 Å². The van der Waals surface area contributed by atoms with Crippen LogP contribution in [0.3, 0.4) is 0 Å². The van der Waals surface area contributed by atoms with E-state index < -0.39 is 33.5 Å². The summed E-state index contributed by atoms with van der Waals surface area (Å²) >= 11 is 0. The second-order valence-electron chi connectivity index (χ2n) is 7.26. The largest absolute Gasteiger partial charge is 0.416 e. The summed E-state index contributed by atoms with van der Waals surface area (Å²) in [5.74, 6) is -1.11. The van der Waals surface area contributed by atoms with Crippen molar-refractivity contribution in [3.8, 4) is 0 Å². The standard InChI is InChI=1S/C18H21F3N2O4S/c19-18(20,21)15-4-2-1-3-13(15)10-23-11-14(9-16(23)24)22-17(25)12-5-7-28(26,27)8-6-12/h1-4,12,14H,5-11H2,(H,22,25). The Morgan fingerprint density at radius 2 is 1.82 bits per heavy atom. The highest BCUT2D eigenvalue weighted by Gasteiger charge is 2.37. The molecule has 2 fully saturated rings. The van der Waals surface area contributed by atoms with Gasteiger partial charge in [-0.15, -0.1) is 0 Å². The third kappa shape index (κ3) is 4.84. The molecule has 28 heavy (non-hydrogen) atoms. The van der Waals surface area contributed by atoms with Gasteiger partial charge in [-0.05, 0) is 24.5 Å². The van der Waals surface area contributed by atoms with Crippen molar-refractivity contribution in [1.82, 2.24) is 10.2 Å². The van der Waals surface area contributed by atoms with Crippen LogP contribution in [0.25, 0.3) is 0 Å². The zero-order chi connectivity index (χ0) is 20.5. The number of carbonyl (C=O) groups excluding carboxylic acids is 2. The molecule has 2 amide bonds. The first-order valence-corrected chi connectivity index (χ1v) is 10.8. The molecule has 2 aliphatic rings. The summed E-state index contributed by atoms with van der Waals surface area (Å²) in [4.78, 5) is 25.9. The second-order valence-corrected chi connectivity index (χ2v) is 9.57. The molecule has 1 N–H and O–H groups in total. The van der Waals surface area contributed by atoms with Crippen LogP contribution in [-0.2, 0) is 32.1 Å². The van der Waals surface area contributed by atoms with Gasteiger partial charge < -0.3 is 10.2 Å². The number of halogens is 3. The van der Waals surface area contributed by atoms with E-state index in [-0.39, 0.29) is 61.2 Å². The monoisotopic (exact) mass is 418 g/mol. The normalized spacial score (nSPS) is 23.0. The molecule has 0 aliphatic carbocycles. The minimum Gasteiger partial charge on any atom is -0.351 e. The minimum atomic E-state index is -4.51. The number of amides is 2. The van der Waals surface area contributed by atoms with Crippen molar-refractivity contribution in [2.75, 3.05) is 18.1 Å². The molecule has 10 heteroatoms. The molecule has 0 radical (unpaired) electrons. The Morgan fingerprint density at radius 3 is 2.46 bits per heavy atom. The average molecular weight is 418 g/mol. The predicted molar refractivity (Wildman–Crippen MR) is 94.8 cm³/mol. The van der Waals surface area contributed by atoms with Crippen molar-refractivity contribution < 1.29 is 31.2 Å². The maximum Gasteiger partial charge on any atom is 0.416 e. The van der Waals surface area contributed by atoms with Crippen LogP contribution in [0.1, 0.15) is 30.4 Å². The number of nitrogens with zero attached hydrogens (tertiary/aromatic N) is 1. The number of alkyl halides is 3. The Labute approximate surface area is 161 Å². The number of hydrogen-bond acceptors (Lipinski definition) is 4. The first-order chi connectivity index (χ1) is 13.0. The van der Waals surface area contributed by atoms with Gasteiger partial charge in [0, 0.05) is 25.4 Å². The van der Waals surface area contributed by atoms with E-state index in [4.69, 9.17) is 0 Å². The summed E-state index contributed by atoms with van der Waals surface area (Å²) in [7, 11) is -3.08. The van der Waals surface area contributed by atoms with Crippen LogP contribution in [0.2, 0.25) is 0 Å². The van der Waals surface area contributed by atoms with Crippen LogP contribution >= 0.6 is 0 Å². The van der Waals surface area contributed by atoms with Crippen molar-refractivity contribution in [3.63, 3.8) is 0 Å². The number of nitrogens with one attached hydrogen (secondary N) is 1. The molecule has 0 spiro atoms. The Kier molecular flexibility index (Phi) is 5.69. The van der Waals surface area contributed by atoms with Crippen LogP contribution in [-0.4, -0.2) is 49.2 Å². The molecule has 0 saturated carbocycles. The van der Waals surface area contributed by atoms with Gasteiger partial charge in [-0.25, -0.2) is 8.42 Å². The third-order valence-corrected chi connectivity index (χ3v) is 6.89. The second kappa shape index (κ2) is 7.73. The van der Waals surface area contributed by atoms with Gasteiger partial charge in [-0.2, -0.15) is 13.2 Å². The molecule has 6 nitrogen and oxygen atoms in total. The van der Waals surface area contributed by atoms with Gasteiger partial charge in [0.2, 0.25) is 11.8 Å². The Balaban J connectivity index is 1.60. The van der Waals surface area contributed by atoms with E-state index in [1.807, 2.05) is 0 Å². The molecule has 0 bridgehead atoms. The molecule has 2 saturated heterocycles. The average Bonchev–Trinajstić information content (AvgIpc) is 2.93. The lowest BCUT2D eigenvalue weighted by molar-refractivity contribution is -0.139. The molecular weight excluding hydrogens is 397 g/mol. The van der Waals surface area contributed by atoms with Crippen LogP contribution in [0.4, 0.5) is 13.2 Å². The van der Waals surface area contributed by atoms with Gasteiger partial charge in [0.05, 0.1) is 23.1 Å². The van der Waals surface area contributed by atoms with E-state index in [1.165, 1.54) is 23.1 Å². The molecule has 154 valence electrons. The van der Waals surface area contributed by atoms with E-state index in [1.54, 1.807) is 0 Å². The number of benzene rings is 1. The smallest absolute Gasteiger partial charge is 0.351 e. The van der Waals surface area contributed by atoms with Gasteiger partial charge in [0.15, 0.2) is 0 Å². The van der Waals surface area contributed by atoms with E-state index in [0.717, 1.165) is 6.07 Å². The highest BCUT2D eigenvalue weighted by molar-refractivity contribution is 7.91. The van der Waals surface area contributed by atoms with E-state index in [2.05, 4.69) is 5.32 Å². The maximum atomic E-state index is 13.1. The fourth-order valence-electron chi connectivity index (χ4n) is 3.63. The maximum absolute atomic E-state index is 13.1. The topological polar surface area (TPSA) is 83.6 Å². The van der Waals surface area contributed by atoms with Crippen LogP contribution in [0.15, 0.2) is 24.3 Å². The van der Waals surface area contributed by atoms with Gasteiger partial charge in [-0.3, -0.25) is 9.59 Å². The summed E-state index contributed by atoms with van der Waals surface area (Å²) in [5.41, 5.74) is -0.772. The Hall–Kier alpha value is -2.10. The summed E-state index contributed by atoms with van der Waals surface area (Å²) in [6, 6.07) is 4.61. The zero-order valence-electron chi connectivity index (χ0n) is 15.0. The fraction of sp³-hybridized carbons (Fsp3) is 0.556. The number of carbonyl (C=O) groups is 2. The summed E-state index contributed by atoms with van der Waals surface area (Å²) in [5, 5.41) is 2.75. The first-order valence-electron chi connectivity index (χ1n) is 8.99. The van der Waals surface area contributed by atoms with Crippen molar-refractivity contribution in [2.24, 2.45) is 5.92 Å². The van der Waals surface area contributed by atoms with Gasteiger partial charge in [-0.1, -0.05) is 18.2 Å². The number of hydrogen-bond donors (Lipinski definition) is 1.